The fourth-order valence-corrected chi connectivity index (χ4v) is 5.14. The van der Waals surface area contributed by atoms with E-state index in [2.05, 4.69) is 42.7 Å². The van der Waals surface area contributed by atoms with Gasteiger partial charge in [-0.15, -0.1) is 0 Å². The molecule has 0 saturated carbocycles. The molecule has 0 aliphatic carbocycles. The Labute approximate surface area is 307 Å². The van der Waals surface area contributed by atoms with Gasteiger partial charge in [0.15, 0.2) is 6.10 Å². The Morgan fingerprint density at radius 3 is 1.53 bits per heavy atom. The van der Waals surface area contributed by atoms with E-state index in [0.717, 1.165) is 77.0 Å². The minimum atomic E-state index is -4.63. The quantitative estimate of drug-likeness (QED) is 0.0258. The largest absolute Gasteiger partial charge is 0.472 e. The number of phosphoric ester groups is 1. The number of rotatable bonds is 33. The molecule has 2 unspecified atom stereocenters. The van der Waals surface area contributed by atoms with E-state index in [-0.39, 0.29) is 19.4 Å². The summed E-state index contributed by atoms with van der Waals surface area (Å²) in [6.07, 6.45) is 39.8. The molecule has 3 atom stereocenters. The van der Waals surface area contributed by atoms with Crippen LogP contribution in [0.15, 0.2) is 85.1 Å². The van der Waals surface area contributed by atoms with Crippen LogP contribution < -0.4 is 0 Å². The standard InChI is InChI=1S/C40H65O10P/c1-3-5-7-9-11-13-15-17-18-20-21-23-25-27-29-31-39(43)47-35-38(36-49-51(45,46)48-34-37(42)33-41)50-40(44)32-30-28-26-24-22-19-16-14-12-10-8-6-4-2/h5-18,37-38,41-42H,3-4,19-36H2,1-2H3,(H,45,46)/b7-5+,8-6+,11-9+,12-10+,15-13+,16-14+,18-17+/t37-,38?/m0/s1. The van der Waals surface area contributed by atoms with Crippen molar-refractivity contribution in [2.24, 2.45) is 0 Å². The van der Waals surface area contributed by atoms with Gasteiger partial charge in [0.1, 0.15) is 12.7 Å². The monoisotopic (exact) mass is 736 g/mol. The summed E-state index contributed by atoms with van der Waals surface area (Å²) in [4.78, 5) is 34.8. The van der Waals surface area contributed by atoms with Crippen LogP contribution in [0.4, 0.5) is 0 Å². The van der Waals surface area contributed by atoms with Crippen molar-refractivity contribution in [3.63, 3.8) is 0 Å². The summed E-state index contributed by atoms with van der Waals surface area (Å²) >= 11 is 0. The van der Waals surface area contributed by atoms with Gasteiger partial charge >= 0.3 is 19.8 Å². The Morgan fingerprint density at radius 1 is 0.588 bits per heavy atom. The van der Waals surface area contributed by atoms with E-state index in [4.69, 9.17) is 19.1 Å². The van der Waals surface area contributed by atoms with Crippen LogP contribution in [0.3, 0.4) is 0 Å². The molecule has 3 N–H and O–H groups in total. The first-order valence-electron chi connectivity index (χ1n) is 18.6. The van der Waals surface area contributed by atoms with E-state index < -0.39 is 51.8 Å². The van der Waals surface area contributed by atoms with Crippen molar-refractivity contribution in [1.82, 2.24) is 0 Å². The van der Waals surface area contributed by atoms with Crippen LogP contribution in [-0.4, -0.2) is 65.7 Å². The average molecular weight is 737 g/mol. The van der Waals surface area contributed by atoms with Crippen molar-refractivity contribution < 1.29 is 47.8 Å². The Morgan fingerprint density at radius 2 is 1.02 bits per heavy atom. The summed E-state index contributed by atoms with van der Waals surface area (Å²) < 4.78 is 32.5. The van der Waals surface area contributed by atoms with E-state index in [1.807, 2.05) is 60.8 Å². The summed E-state index contributed by atoms with van der Waals surface area (Å²) in [6, 6.07) is 0. The normalized spacial score (nSPS) is 15.0. The highest BCUT2D eigenvalue weighted by atomic mass is 31.2. The van der Waals surface area contributed by atoms with E-state index >= 15 is 0 Å². The van der Waals surface area contributed by atoms with E-state index in [1.54, 1.807) is 0 Å². The lowest BCUT2D eigenvalue weighted by Crippen LogP contribution is -2.29. The lowest BCUT2D eigenvalue weighted by molar-refractivity contribution is -0.161. The molecular weight excluding hydrogens is 671 g/mol. The molecule has 0 aliphatic heterocycles. The topological polar surface area (TPSA) is 149 Å². The molecule has 0 heterocycles. The maximum Gasteiger partial charge on any atom is 0.472 e. The second kappa shape index (κ2) is 35.5. The zero-order chi connectivity index (χ0) is 37.7. The fraction of sp³-hybridized carbons (Fsp3) is 0.600. The van der Waals surface area contributed by atoms with Crippen molar-refractivity contribution in [2.75, 3.05) is 26.4 Å². The van der Waals surface area contributed by atoms with Crippen LogP contribution in [0.25, 0.3) is 0 Å². The lowest BCUT2D eigenvalue weighted by atomic mass is 10.1. The first-order chi connectivity index (χ1) is 24.7. The molecule has 0 radical (unpaired) electrons. The summed E-state index contributed by atoms with van der Waals surface area (Å²) in [5.41, 5.74) is 0. The third-order valence-electron chi connectivity index (χ3n) is 7.20. The van der Waals surface area contributed by atoms with Crippen LogP contribution >= 0.6 is 7.82 Å². The highest BCUT2D eigenvalue weighted by molar-refractivity contribution is 7.47. The summed E-state index contributed by atoms with van der Waals surface area (Å²) in [7, 11) is -4.63. The van der Waals surface area contributed by atoms with Gasteiger partial charge < -0.3 is 24.6 Å². The molecule has 0 saturated heterocycles. The van der Waals surface area contributed by atoms with Gasteiger partial charge in [0.05, 0.1) is 19.8 Å². The first kappa shape index (κ1) is 48.1. The van der Waals surface area contributed by atoms with Gasteiger partial charge in [-0.05, 0) is 51.4 Å². The second-order valence-electron chi connectivity index (χ2n) is 12.0. The van der Waals surface area contributed by atoms with Crippen LogP contribution in [-0.2, 0) is 32.7 Å². The van der Waals surface area contributed by atoms with Gasteiger partial charge in [0.25, 0.3) is 0 Å². The number of carbonyl (C=O) groups excluding carboxylic acids is 2. The Balaban J connectivity index is 4.47. The molecule has 0 aliphatic rings. The Bertz CT molecular complexity index is 1120. The van der Waals surface area contributed by atoms with Crippen molar-refractivity contribution in [3.05, 3.63) is 85.1 Å². The number of hydrogen-bond donors (Lipinski definition) is 3. The van der Waals surface area contributed by atoms with Gasteiger partial charge in [-0.1, -0.05) is 137 Å². The summed E-state index contributed by atoms with van der Waals surface area (Å²) in [5, 5.41) is 18.3. The van der Waals surface area contributed by atoms with Crippen LogP contribution in [0.2, 0.25) is 0 Å². The van der Waals surface area contributed by atoms with Crippen LogP contribution in [0, 0.1) is 0 Å². The van der Waals surface area contributed by atoms with Crippen molar-refractivity contribution in [2.45, 2.75) is 129 Å². The highest BCUT2D eigenvalue weighted by Gasteiger charge is 2.27. The summed E-state index contributed by atoms with van der Waals surface area (Å²) in [6.45, 7) is 2.01. The molecule has 0 fully saturated rings. The number of phosphoric acid groups is 1. The molecule has 10 nitrogen and oxygen atoms in total. The number of aliphatic hydroxyl groups is 2. The van der Waals surface area contributed by atoms with Crippen molar-refractivity contribution in [1.29, 1.82) is 0 Å². The molecule has 0 aromatic heterocycles. The van der Waals surface area contributed by atoms with Crippen molar-refractivity contribution >= 4 is 19.8 Å². The van der Waals surface area contributed by atoms with E-state index in [1.165, 1.54) is 0 Å². The average Bonchev–Trinajstić information content (AvgIpc) is 3.12. The molecule has 0 amide bonds. The predicted octanol–water partition coefficient (Wildman–Crippen LogP) is 9.10. The van der Waals surface area contributed by atoms with Crippen molar-refractivity contribution in [3.8, 4) is 0 Å². The van der Waals surface area contributed by atoms with Gasteiger partial charge in [-0.2, -0.15) is 0 Å². The Kier molecular flexibility index (Phi) is 33.6. The molecule has 0 aromatic rings. The molecular formula is C40H65O10P. The third kappa shape index (κ3) is 35.3. The predicted molar refractivity (Wildman–Crippen MR) is 205 cm³/mol. The smallest absolute Gasteiger partial charge is 0.462 e. The number of aliphatic hydroxyl groups excluding tert-OH is 2. The number of carbonyl (C=O) groups is 2. The van der Waals surface area contributed by atoms with Gasteiger partial charge in [-0.25, -0.2) is 4.57 Å². The highest BCUT2D eigenvalue weighted by Crippen LogP contribution is 2.43. The minimum absolute atomic E-state index is 0.150. The molecule has 290 valence electrons. The summed E-state index contributed by atoms with van der Waals surface area (Å²) in [5.74, 6) is -0.989. The van der Waals surface area contributed by atoms with Gasteiger partial charge in [0.2, 0.25) is 0 Å². The number of allylic oxidation sites excluding steroid dienone is 14. The maximum absolute atomic E-state index is 12.5. The van der Waals surface area contributed by atoms with Crippen LogP contribution in [0.1, 0.15) is 117 Å². The lowest BCUT2D eigenvalue weighted by Gasteiger charge is -2.20. The second-order valence-corrected chi connectivity index (χ2v) is 13.4. The van der Waals surface area contributed by atoms with Gasteiger partial charge in [-0.3, -0.25) is 18.6 Å². The molecule has 11 heteroatoms. The number of hydrogen-bond acceptors (Lipinski definition) is 9. The van der Waals surface area contributed by atoms with E-state index in [9.17, 15) is 24.2 Å². The molecule has 0 aromatic carbocycles. The zero-order valence-electron chi connectivity index (χ0n) is 31.0. The van der Waals surface area contributed by atoms with Gasteiger partial charge in [0, 0.05) is 12.8 Å². The minimum Gasteiger partial charge on any atom is -0.462 e. The van der Waals surface area contributed by atoms with Crippen LogP contribution in [0.5, 0.6) is 0 Å². The Hall–Kier alpha value is -2.85. The molecule has 0 bridgehead atoms. The first-order valence-corrected chi connectivity index (χ1v) is 20.1. The SMILES string of the molecule is CC/C=C/C=C/C=C/C=C/CCCCCCCC(=O)OCC(COP(=O)(O)OC[C@@H](O)CO)OC(=O)CCCCCCC/C=C/C=C/C=C/CC. The van der Waals surface area contributed by atoms with E-state index in [0.29, 0.717) is 12.8 Å². The third-order valence-corrected chi connectivity index (χ3v) is 8.15. The molecule has 51 heavy (non-hydrogen) atoms. The number of esters is 2. The number of unbranched alkanes of at least 4 members (excludes halogenated alkanes) is 10. The number of ether oxygens (including phenoxy) is 2. The zero-order valence-corrected chi connectivity index (χ0v) is 31.9. The fourth-order valence-electron chi connectivity index (χ4n) is 4.35. The maximum atomic E-state index is 12.5. The molecule has 0 rings (SSSR count). The molecule has 0 spiro atoms.